The second kappa shape index (κ2) is 11.0. The number of piperazine rings is 1. The number of nitrogens with zero attached hydrogens (tertiary/aromatic N) is 4. The number of aliphatic imine (C=N–C) groups is 1. The fraction of sp³-hybridized carbons (Fsp3) is 0.667. The number of amides is 1. The third-order valence-corrected chi connectivity index (χ3v) is 6.80. The van der Waals surface area contributed by atoms with Crippen molar-refractivity contribution in [3.8, 4) is 0 Å². The van der Waals surface area contributed by atoms with E-state index in [2.05, 4.69) is 69.2 Å². The summed E-state index contributed by atoms with van der Waals surface area (Å²) in [5.41, 5.74) is 1.41. The van der Waals surface area contributed by atoms with Crippen LogP contribution in [0.15, 0.2) is 35.3 Å². The maximum atomic E-state index is 12.8. The van der Waals surface area contributed by atoms with E-state index in [4.69, 9.17) is 0 Å². The molecule has 1 aromatic carbocycles. The molecule has 1 saturated carbocycles. The summed E-state index contributed by atoms with van der Waals surface area (Å²) >= 11 is 0. The quantitative estimate of drug-likeness (QED) is 0.364. The lowest BCUT2D eigenvalue weighted by atomic mass is 9.92. The first kappa shape index (κ1) is 24.3. The Labute approximate surface area is 204 Å². The summed E-state index contributed by atoms with van der Waals surface area (Å²) in [5.74, 6) is 3.13. The van der Waals surface area contributed by atoms with Crippen LogP contribution in [0.25, 0.3) is 0 Å². The molecular formula is C24H38IN5O. The average Bonchev–Trinajstić information content (AvgIpc) is 3.52. The standard InChI is InChI=1S/C24H37N5O.HI/c1-18-13-19(2)16-29(15-18)23(30)17-27-9-11-28(12-10-27)24(25-3)26-22-14-21(22)20-7-5-4-6-8-20;/h4-8,18-19,21-22H,9-17H2,1-3H3,(H,25,26);1H. The molecule has 1 aliphatic carbocycles. The van der Waals surface area contributed by atoms with E-state index < -0.39 is 0 Å². The lowest BCUT2D eigenvalue weighted by Gasteiger charge is -2.39. The van der Waals surface area contributed by atoms with Crippen molar-refractivity contribution < 1.29 is 4.79 Å². The molecule has 1 N–H and O–H groups in total. The summed E-state index contributed by atoms with van der Waals surface area (Å²) in [6.07, 6.45) is 2.41. The zero-order valence-electron chi connectivity index (χ0n) is 19.2. The fourth-order valence-corrected chi connectivity index (χ4v) is 5.16. The average molecular weight is 540 g/mol. The first-order valence-electron chi connectivity index (χ1n) is 11.6. The third-order valence-electron chi connectivity index (χ3n) is 6.80. The van der Waals surface area contributed by atoms with Gasteiger partial charge in [-0.25, -0.2) is 0 Å². The molecule has 3 aliphatic rings. The molecule has 2 heterocycles. The normalized spacial score (nSPS) is 29.3. The summed E-state index contributed by atoms with van der Waals surface area (Å²) in [6.45, 7) is 10.6. The van der Waals surface area contributed by atoms with Gasteiger partial charge in [0.15, 0.2) is 5.96 Å². The molecule has 7 heteroatoms. The van der Waals surface area contributed by atoms with Crippen molar-refractivity contribution in [2.75, 3.05) is 52.9 Å². The number of carbonyl (C=O) groups is 1. The van der Waals surface area contributed by atoms with E-state index in [1.165, 1.54) is 18.4 Å². The van der Waals surface area contributed by atoms with Crippen molar-refractivity contribution in [3.63, 3.8) is 0 Å². The molecule has 1 amide bonds. The monoisotopic (exact) mass is 539 g/mol. The van der Waals surface area contributed by atoms with E-state index in [9.17, 15) is 4.79 Å². The summed E-state index contributed by atoms with van der Waals surface area (Å²) in [5, 5.41) is 3.66. The van der Waals surface area contributed by atoms with Crippen molar-refractivity contribution in [1.82, 2.24) is 20.0 Å². The molecule has 3 fully saturated rings. The lowest BCUT2D eigenvalue weighted by molar-refractivity contribution is -0.135. The molecule has 31 heavy (non-hydrogen) atoms. The lowest BCUT2D eigenvalue weighted by Crippen LogP contribution is -2.55. The Hall–Kier alpha value is -1.35. The molecule has 4 rings (SSSR count). The zero-order chi connectivity index (χ0) is 21.1. The zero-order valence-corrected chi connectivity index (χ0v) is 21.5. The van der Waals surface area contributed by atoms with Gasteiger partial charge in [-0.05, 0) is 30.2 Å². The predicted molar refractivity (Wildman–Crippen MR) is 137 cm³/mol. The van der Waals surface area contributed by atoms with E-state index >= 15 is 0 Å². The maximum absolute atomic E-state index is 12.8. The topological polar surface area (TPSA) is 51.2 Å². The molecular weight excluding hydrogens is 501 g/mol. The van der Waals surface area contributed by atoms with Gasteiger partial charge < -0.3 is 15.1 Å². The van der Waals surface area contributed by atoms with Gasteiger partial charge in [0, 0.05) is 58.3 Å². The van der Waals surface area contributed by atoms with Crippen LogP contribution in [0.3, 0.4) is 0 Å². The van der Waals surface area contributed by atoms with E-state index in [1.807, 2.05) is 7.05 Å². The maximum Gasteiger partial charge on any atom is 0.236 e. The molecule has 0 spiro atoms. The minimum absolute atomic E-state index is 0. The van der Waals surface area contributed by atoms with Crippen molar-refractivity contribution in [3.05, 3.63) is 35.9 Å². The molecule has 6 nitrogen and oxygen atoms in total. The summed E-state index contributed by atoms with van der Waals surface area (Å²) in [4.78, 5) is 24.1. The third kappa shape index (κ3) is 6.34. The van der Waals surface area contributed by atoms with Gasteiger partial charge in [-0.2, -0.15) is 0 Å². The smallest absolute Gasteiger partial charge is 0.236 e. The number of rotatable bonds is 4. The van der Waals surface area contributed by atoms with Gasteiger partial charge in [0.2, 0.25) is 5.91 Å². The van der Waals surface area contributed by atoms with Crippen molar-refractivity contribution in [1.29, 1.82) is 0 Å². The summed E-state index contributed by atoms with van der Waals surface area (Å²) in [7, 11) is 1.87. The SMILES string of the molecule is CN=C(NC1CC1c1ccccc1)N1CCN(CC(=O)N2CC(C)CC(C)C2)CC1.I. The van der Waals surface area contributed by atoms with Crippen LogP contribution in [0.1, 0.15) is 38.2 Å². The van der Waals surface area contributed by atoms with Crippen molar-refractivity contribution >= 4 is 35.8 Å². The first-order valence-corrected chi connectivity index (χ1v) is 11.6. The molecule has 4 atom stereocenters. The number of piperidine rings is 1. The van der Waals surface area contributed by atoms with E-state index in [0.29, 0.717) is 36.2 Å². The van der Waals surface area contributed by atoms with Gasteiger partial charge in [-0.1, -0.05) is 44.2 Å². The minimum Gasteiger partial charge on any atom is -0.353 e. The molecule has 172 valence electrons. The van der Waals surface area contributed by atoms with Crippen LogP contribution in [-0.2, 0) is 4.79 Å². The van der Waals surface area contributed by atoms with Gasteiger partial charge in [0.1, 0.15) is 0 Å². The van der Waals surface area contributed by atoms with E-state index in [0.717, 1.165) is 45.2 Å². The Morgan fingerprint density at radius 3 is 2.26 bits per heavy atom. The van der Waals surface area contributed by atoms with Gasteiger partial charge >= 0.3 is 0 Å². The van der Waals surface area contributed by atoms with Gasteiger partial charge in [-0.15, -0.1) is 24.0 Å². The predicted octanol–water partition coefficient (Wildman–Crippen LogP) is 2.86. The van der Waals surface area contributed by atoms with Crippen molar-refractivity contribution in [2.24, 2.45) is 16.8 Å². The summed E-state index contributed by atoms with van der Waals surface area (Å²) < 4.78 is 0. The number of likely N-dealkylation sites (tertiary alicyclic amines) is 1. The Kier molecular flexibility index (Phi) is 8.61. The largest absolute Gasteiger partial charge is 0.353 e. The van der Waals surface area contributed by atoms with Crippen LogP contribution in [-0.4, -0.2) is 85.5 Å². The number of hydrogen-bond donors (Lipinski definition) is 1. The molecule has 4 unspecified atom stereocenters. The number of nitrogens with one attached hydrogen (secondary N) is 1. The molecule has 0 bridgehead atoms. The highest BCUT2D eigenvalue weighted by molar-refractivity contribution is 14.0. The van der Waals surface area contributed by atoms with Gasteiger partial charge in [0.05, 0.1) is 6.54 Å². The Morgan fingerprint density at radius 1 is 1.00 bits per heavy atom. The van der Waals surface area contributed by atoms with Crippen LogP contribution in [0.2, 0.25) is 0 Å². The number of benzene rings is 1. The highest BCUT2D eigenvalue weighted by Gasteiger charge is 2.39. The number of carbonyl (C=O) groups excluding carboxylic acids is 1. The Morgan fingerprint density at radius 2 is 1.65 bits per heavy atom. The van der Waals surface area contributed by atoms with E-state index in [-0.39, 0.29) is 24.0 Å². The highest BCUT2D eigenvalue weighted by atomic mass is 127. The first-order chi connectivity index (χ1) is 14.5. The van der Waals surface area contributed by atoms with Gasteiger partial charge in [-0.3, -0.25) is 14.7 Å². The second-order valence-corrected chi connectivity index (χ2v) is 9.56. The minimum atomic E-state index is 0. The summed E-state index contributed by atoms with van der Waals surface area (Å²) in [6, 6.07) is 11.2. The van der Waals surface area contributed by atoms with Crippen LogP contribution in [0.5, 0.6) is 0 Å². The number of guanidine groups is 1. The Balaban J connectivity index is 0.00000272. The number of hydrogen-bond acceptors (Lipinski definition) is 3. The van der Waals surface area contributed by atoms with Crippen molar-refractivity contribution in [2.45, 2.75) is 38.6 Å². The van der Waals surface area contributed by atoms with Crippen LogP contribution in [0.4, 0.5) is 0 Å². The number of halogens is 1. The van der Waals surface area contributed by atoms with Crippen LogP contribution < -0.4 is 5.32 Å². The molecule has 2 aliphatic heterocycles. The molecule has 1 aromatic rings. The highest BCUT2D eigenvalue weighted by Crippen LogP contribution is 2.40. The molecule has 2 saturated heterocycles. The Bertz CT molecular complexity index is 740. The molecule has 0 aromatic heterocycles. The fourth-order valence-electron chi connectivity index (χ4n) is 5.16. The van der Waals surface area contributed by atoms with Crippen LogP contribution >= 0.6 is 24.0 Å². The van der Waals surface area contributed by atoms with Crippen LogP contribution in [0, 0.1) is 11.8 Å². The van der Waals surface area contributed by atoms with Gasteiger partial charge in [0.25, 0.3) is 0 Å². The second-order valence-electron chi connectivity index (χ2n) is 9.56. The molecule has 0 radical (unpaired) electrons. The van der Waals surface area contributed by atoms with E-state index in [1.54, 1.807) is 0 Å².